The molecule has 7 nitrogen and oxygen atoms in total. The summed E-state index contributed by atoms with van der Waals surface area (Å²) in [7, 11) is 9.01. The lowest BCUT2D eigenvalue weighted by molar-refractivity contribution is -0.127. The highest BCUT2D eigenvalue weighted by Gasteiger charge is 2.28. The van der Waals surface area contributed by atoms with Gasteiger partial charge in [0.2, 0.25) is 11.7 Å². The highest BCUT2D eigenvalue weighted by molar-refractivity contribution is 5.78. The first-order valence-corrected chi connectivity index (χ1v) is 10.6. The molecule has 1 heterocycles. The smallest absolute Gasteiger partial charge is 0.223 e. The molecule has 0 atom stereocenters. The molecule has 0 saturated carbocycles. The van der Waals surface area contributed by atoms with Crippen molar-refractivity contribution in [1.82, 2.24) is 15.1 Å². The maximum Gasteiger partial charge on any atom is 0.223 e. The van der Waals surface area contributed by atoms with E-state index in [1.165, 1.54) is 0 Å². The predicted octanol–water partition coefficient (Wildman–Crippen LogP) is 2.63. The average Bonchev–Trinajstić information content (AvgIpc) is 2.71. The summed E-state index contributed by atoms with van der Waals surface area (Å²) in [4.78, 5) is 17.2. The molecular formula is C23H39N3O4. The molecule has 1 N–H and O–H groups in total. The second kappa shape index (κ2) is 10.9. The molecule has 2 rings (SSSR count). The van der Waals surface area contributed by atoms with Gasteiger partial charge in [0.25, 0.3) is 0 Å². The van der Waals surface area contributed by atoms with Gasteiger partial charge in [-0.3, -0.25) is 9.69 Å². The van der Waals surface area contributed by atoms with Crippen molar-refractivity contribution in [2.45, 2.75) is 33.2 Å². The predicted molar refractivity (Wildman–Crippen MR) is 119 cm³/mol. The molecule has 0 radical (unpaired) electrons. The minimum atomic E-state index is 0.0594. The second-order valence-electron chi connectivity index (χ2n) is 9.16. The third-order valence-corrected chi connectivity index (χ3v) is 5.62. The first-order chi connectivity index (χ1) is 14.2. The number of hydrogen-bond donors (Lipinski definition) is 1. The van der Waals surface area contributed by atoms with Crippen molar-refractivity contribution in [2.24, 2.45) is 11.3 Å². The van der Waals surface area contributed by atoms with Crippen molar-refractivity contribution in [3.8, 4) is 17.2 Å². The van der Waals surface area contributed by atoms with E-state index in [2.05, 4.69) is 43.1 Å². The molecule has 1 aromatic rings. The Morgan fingerprint density at radius 2 is 1.73 bits per heavy atom. The van der Waals surface area contributed by atoms with Gasteiger partial charge in [0.15, 0.2) is 11.5 Å². The number of benzene rings is 1. The summed E-state index contributed by atoms with van der Waals surface area (Å²) in [6.45, 7) is 8.55. The Balaban J connectivity index is 1.90. The van der Waals surface area contributed by atoms with E-state index in [4.69, 9.17) is 14.2 Å². The first-order valence-electron chi connectivity index (χ1n) is 10.6. The molecule has 1 amide bonds. The molecule has 0 bridgehead atoms. The van der Waals surface area contributed by atoms with Crippen molar-refractivity contribution in [2.75, 3.05) is 61.6 Å². The molecular weight excluding hydrogens is 382 g/mol. The zero-order valence-electron chi connectivity index (χ0n) is 19.7. The molecule has 1 aliphatic rings. The van der Waals surface area contributed by atoms with Gasteiger partial charge in [-0.15, -0.1) is 0 Å². The Morgan fingerprint density at radius 1 is 1.10 bits per heavy atom. The molecule has 7 heteroatoms. The topological polar surface area (TPSA) is 63.3 Å². The standard InChI is InChI=1S/C23H39N3O4/c1-23(2,16-25(3)4)15-24-22(27)17-10-12-26(13-11-17)14-18-8-9-19(28-5)21(30-7)20(18)29-6/h8-9,17H,10-16H2,1-7H3,(H,24,27). The van der Waals surface area contributed by atoms with E-state index in [9.17, 15) is 4.79 Å². The van der Waals surface area contributed by atoms with Crippen LogP contribution in [0.1, 0.15) is 32.3 Å². The quantitative estimate of drug-likeness (QED) is 0.627. The summed E-state index contributed by atoms with van der Waals surface area (Å²) >= 11 is 0. The van der Waals surface area contributed by atoms with E-state index in [1.807, 2.05) is 12.1 Å². The van der Waals surface area contributed by atoms with Crippen LogP contribution in [0.4, 0.5) is 0 Å². The van der Waals surface area contributed by atoms with Crippen LogP contribution in [0, 0.1) is 11.3 Å². The van der Waals surface area contributed by atoms with Crippen LogP contribution in [0.25, 0.3) is 0 Å². The van der Waals surface area contributed by atoms with Gasteiger partial charge in [-0.1, -0.05) is 19.9 Å². The van der Waals surface area contributed by atoms with Crippen LogP contribution >= 0.6 is 0 Å². The number of ether oxygens (including phenoxy) is 3. The maximum atomic E-state index is 12.7. The Morgan fingerprint density at radius 3 is 2.27 bits per heavy atom. The lowest BCUT2D eigenvalue weighted by Gasteiger charge is -2.33. The van der Waals surface area contributed by atoms with Gasteiger partial charge < -0.3 is 24.4 Å². The van der Waals surface area contributed by atoms with Crippen molar-refractivity contribution in [3.05, 3.63) is 17.7 Å². The number of amides is 1. The number of carbonyl (C=O) groups excluding carboxylic acids is 1. The summed E-state index contributed by atoms with van der Waals surface area (Å²) < 4.78 is 16.5. The number of nitrogens with one attached hydrogen (secondary N) is 1. The minimum absolute atomic E-state index is 0.0594. The third kappa shape index (κ3) is 6.51. The first kappa shape index (κ1) is 24.3. The fraction of sp³-hybridized carbons (Fsp3) is 0.696. The van der Waals surface area contributed by atoms with E-state index < -0.39 is 0 Å². The molecule has 1 aliphatic heterocycles. The molecule has 0 aliphatic carbocycles. The normalized spacial score (nSPS) is 15.9. The molecule has 30 heavy (non-hydrogen) atoms. The summed E-state index contributed by atoms with van der Waals surface area (Å²) in [5.74, 6) is 2.26. The minimum Gasteiger partial charge on any atom is -0.493 e. The van der Waals surface area contributed by atoms with E-state index in [1.54, 1.807) is 21.3 Å². The molecule has 0 unspecified atom stereocenters. The van der Waals surface area contributed by atoms with Crippen molar-refractivity contribution < 1.29 is 19.0 Å². The van der Waals surface area contributed by atoms with Gasteiger partial charge in [-0.2, -0.15) is 0 Å². The largest absolute Gasteiger partial charge is 0.493 e. The lowest BCUT2D eigenvalue weighted by atomic mass is 9.91. The van der Waals surface area contributed by atoms with Crippen molar-refractivity contribution >= 4 is 5.91 Å². The average molecular weight is 422 g/mol. The van der Waals surface area contributed by atoms with Gasteiger partial charge in [-0.25, -0.2) is 0 Å². The number of carbonyl (C=O) groups is 1. The highest BCUT2D eigenvalue weighted by Crippen LogP contribution is 2.40. The number of methoxy groups -OCH3 is 3. The summed E-state index contributed by atoms with van der Waals surface area (Å²) in [5, 5.41) is 3.17. The van der Waals surface area contributed by atoms with Crippen LogP contribution in [-0.4, -0.2) is 77.3 Å². The zero-order chi connectivity index (χ0) is 22.3. The highest BCUT2D eigenvalue weighted by atomic mass is 16.5. The van der Waals surface area contributed by atoms with Crippen LogP contribution in [0.3, 0.4) is 0 Å². The van der Waals surface area contributed by atoms with Gasteiger partial charge in [0.1, 0.15) is 0 Å². The molecule has 170 valence electrons. The van der Waals surface area contributed by atoms with Crippen LogP contribution in [-0.2, 0) is 11.3 Å². The number of nitrogens with zero attached hydrogens (tertiary/aromatic N) is 2. The van der Waals surface area contributed by atoms with E-state index in [-0.39, 0.29) is 17.2 Å². The number of piperidine rings is 1. The Bertz CT molecular complexity index is 698. The van der Waals surface area contributed by atoms with Gasteiger partial charge in [-0.05, 0) is 51.5 Å². The van der Waals surface area contributed by atoms with Crippen molar-refractivity contribution in [3.63, 3.8) is 0 Å². The Labute approximate surface area is 181 Å². The lowest BCUT2D eigenvalue weighted by Crippen LogP contribution is -2.44. The monoisotopic (exact) mass is 421 g/mol. The number of hydrogen-bond acceptors (Lipinski definition) is 6. The van der Waals surface area contributed by atoms with E-state index in [0.29, 0.717) is 23.8 Å². The molecule has 1 fully saturated rings. The SMILES string of the molecule is COc1ccc(CN2CCC(C(=O)NCC(C)(C)CN(C)C)CC2)c(OC)c1OC. The molecule has 1 saturated heterocycles. The van der Waals surface area contributed by atoms with Gasteiger partial charge >= 0.3 is 0 Å². The summed E-state index contributed by atoms with van der Waals surface area (Å²) in [6.07, 6.45) is 1.74. The van der Waals surface area contributed by atoms with Crippen LogP contribution < -0.4 is 19.5 Å². The summed E-state index contributed by atoms with van der Waals surface area (Å²) in [5.41, 5.74) is 1.12. The molecule has 0 aromatic heterocycles. The van der Waals surface area contributed by atoms with Gasteiger partial charge in [0.05, 0.1) is 21.3 Å². The second-order valence-corrected chi connectivity index (χ2v) is 9.16. The number of likely N-dealkylation sites (tertiary alicyclic amines) is 1. The zero-order valence-corrected chi connectivity index (χ0v) is 19.7. The fourth-order valence-electron chi connectivity index (χ4n) is 4.26. The molecule has 0 spiro atoms. The molecule has 1 aromatic carbocycles. The van der Waals surface area contributed by atoms with Crippen molar-refractivity contribution in [1.29, 1.82) is 0 Å². The van der Waals surface area contributed by atoms with Gasteiger partial charge in [0, 0.05) is 31.1 Å². The summed E-state index contributed by atoms with van der Waals surface area (Å²) in [6, 6.07) is 3.93. The third-order valence-electron chi connectivity index (χ3n) is 5.62. The van der Waals surface area contributed by atoms with Crippen LogP contribution in [0.2, 0.25) is 0 Å². The Hall–Kier alpha value is -1.99. The fourth-order valence-corrected chi connectivity index (χ4v) is 4.26. The van der Waals surface area contributed by atoms with Crippen LogP contribution in [0.15, 0.2) is 12.1 Å². The van der Waals surface area contributed by atoms with E-state index in [0.717, 1.165) is 44.6 Å². The van der Waals surface area contributed by atoms with Crippen LogP contribution in [0.5, 0.6) is 17.2 Å². The number of rotatable bonds is 10. The maximum absolute atomic E-state index is 12.7. The Kier molecular flexibility index (Phi) is 8.79. The van der Waals surface area contributed by atoms with E-state index >= 15 is 0 Å².